The molecule has 2 aromatic heterocycles. The molecule has 1 saturated heterocycles. The van der Waals surface area contributed by atoms with Crippen LogP contribution in [0.2, 0.25) is 0 Å². The number of thiazole rings is 1. The Kier molecular flexibility index (Phi) is 6.72. The first-order chi connectivity index (χ1) is 15.0. The van der Waals surface area contributed by atoms with Crippen LogP contribution >= 0.6 is 22.7 Å². The molecular formula is C22H21F2N3O2S2. The minimum Gasteiger partial charge on any atom is -0.355 e. The second-order valence-electron chi connectivity index (χ2n) is 7.36. The fraction of sp³-hybridized carbons (Fsp3) is 0.318. The van der Waals surface area contributed by atoms with Gasteiger partial charge in [-0.15, -0.1) is 22.7 Å². The van der Waals surface area contributed by atoms with Crippen molar-refractivity contribution >= 4 is 34.5 Å². The first kappa shape index (κ1) is 21.6. The summed E-state index contributed by atoms with van der Waals surface area (Å²) in [5.74, 6) is -2.54. The zero-order valence-corrected chi connectivity index (χ0v) is 18.3. The highest BCUT2D eigenvalue weighted by Gasteiger charge is 2.28. The number of rotatable bonds is 6. The molecule has 0 aliphatic carbocycles. The van der Waals surface area contributed by atoms with Crippen LogP contribution < -0.4 is 5.32 Å². The van der Waals surface area contributed by atoms with Crippen molar-refractivity contribution in [2.75, 3.05) is 19.6 Å². The molecule has 1 aromatic carbocycles. The van der Waals surface area contributed by atoms with E-state index < -0.39 is 11.6 Å². The van der Waals surface area contributed by atoms with Crippen molar-refractivity contribution in [2.24, 2.45) is 5.92 Å². The van der Waals surface area contributed by atoms with Crippen molar-refractivity contribution < 1.29 is 18.4 Å². The quantitative estimate of drug-likeness (QED) is 0.593. The number of carbonyl (C=O) groups excluding carboxylic acids is 2. The maximum atomic E-state index is 13.4. The van der Waals surface area contributed by atoms with Crippen molar-refractivity contribution in [3.63, 3.8) is 0 Å². The summed E-state index contributed by atoms with van der Waals surface area (Å²) >= 11 is 3.26. The summed E-state index contributed by atoms with van der Waals surface area (Å²) in [6.45, 7) is 1.33. The lowest BCUT2D eigenvalue weighted by molar-refractivity contribution is -0.126. The van der Waals surface area contributed by atoms with Gasteiger partial charge < -0.3 is 10.2 Å². The van der Waals surface area contributed by atoms with Crippen molar-refractivity contribution in [1.29, 1.82) is 0 Å². The maximum absolute atomic E-state index is 13.4. The largest absolute Gasteiger partial charge is 0.355 e. The maximum Gasteiger partial charge on any atom is 0.253 e. The number of aromatic nitrogens is 1. The van der Waals surface area contributed by atoms with Crippen LogP contribution in [0, 0.1) is 17.6 Å². The van der Waals surface area contributed by atoms with Crippen molar-refractivity contribution in [1.82, 2.24) is 15.2 Å². The summed E-state index contributed by atoms with van der Waals surface area (Å²) in [5.41, 5.74) is 1.08. The summed E-state index contributed by atoms with van der Waals surface area (Å²) in [4.78, 5) is 32.3. The van der Waals surface area contributed by atoms with Gasteiger partial charge in [-0.25, -0.2) is 13.8 Å². The molecule has 3 heterocycles. The topological polar surface area (TPSA) is 62.3 Å². The Hall–Kier alpha value is -2.65. The van der Waals surface area contributed by atoms with E-state index in [1.807, 2.05) is 22.9 Å². The van der Waals surface area contributed by atoms with Crippen LogP contribution in [0.15, 0.2) is 41.1 Å². The lowest BCUT2D eigenvalue weighted by Crippen LogP contribution is -2.43. The number of benzene rings is 1. The van der Waals surface area contributed by atoms with Gasteiger partial charge in [-0.3, -0.25) is 9.59 Å². The molecular weight excluding hydrogens is 440 g/mol. The minimum atomic E-state index is -1.04. The van der Waals surface area contributed by atoms with Crippen LogP contribution in [0.1, 0.15) is 28.9 Å². The number of hydrogen-bond acceptors (Lipinski definition) is 5. The molecule has 0 saturated carbocycles. The van der Waals surface area contributed by atoms with Crippen LogP contribution in [0.3, 0.4) is 0 Å². The van der Waals surface area contributed by atoms with Gasteiger partial charge in [-0.2, -0.15) is 0 Å². The van der Waals surface area contributed by atoms with E-state index in [9.17, 15) is 18.4 Å². The van der Waals surface area contributed by atoms with Gasteiger partial charge in [0.1, 0.15) is 5.01 Å². The highest BCUT2D eigenvalue weighted by atomic mass is 32.1. The smallest absolute Gasteiger partial charge is 0.253 e. The predicted octanol–water partition coefficient (Wildman–Crippen LogP) is 4.36. The second kappa shape index (κ2) is 9.65. The van der Waals surface area contributed by atoms with Crippen LogP contribution in [-0.4, -0.2) is 41.3 Å². The zero-order chi connectivity index (χ0) is 21.8. The molecule has 0 atom stereocenters. The summed E-state index contributed by atoms with van der Waals surface area (Å²) in [5, 5.41) is 8.00. The fourth-order valence-electron chi connectivity index (χ4n) is 3.55. The minimum absolute atomic E-state index is 0.0198. The second-order valence-corrected chi connectivity index (χ2v) is 9.16. The molecule has 0 bridgehead atoms. The number of amides is 2. The number of hydrogen-bond donors (Lipinski definition) is 1. The number of halogens is 2. The van der Waals surface area contributed by atoms with Gasteiger partial charge in [0.25, 0.3) is 5.91 Å². The Morgan fingerprint density at radius 1 is 1.13 bits per heavy atom. The Morgan fingerprint density at radius 3 is 2.65 bits per heavy atom. The predicted molar refractivity (Wildman–Crippen MR) is 117 cm³/mol. The molecule has 0 radical (unpaired) electrons. The van der Waals surface area contributed by atoms with Crippen LogP contribution in [0.4, 0.5) is 8.78 Å². The Balaban J connectivity index is 1.22. The molecule has 1 fully saturated rings. The summed E-state index contributed by atoms with van der Waals surface area (Å²) in [6, 6.07) is 7.19. The SMILES string of the molecule is O=C(NCCc1csc(-c2cccs2)n1)C1CCN(C(=O)c2ccc(F)c(F)c2)CC1. The lowest BCUT2D eigenvalue weighted by atomic mass is 9.95. The van der Waals surface area contributed by atoms with Gasteiger partial charge in [0.2, 0.25) is 5.91 Å². The van der Waals surface area contributed by atoms with Gasteiger partial charge >= 0.3 is 0 Å². The Bertz CT molecular complexity index is 1060. The third kappa shape index (κ3) is 5.16. The molecule has 31 heavy (non-hydrogen) atoms. The average molecular weight is 462 g/mol. The molecule has 0 unspecified atom stereocenters. The van der Waals surface area contributed by atoms with E-state index in [4.69, 9.17) is 0 Å². The summed E-state index contributed by atoms with van der Waals surface area (Å²) < 4.78 is 26.5. The van der Waals surface area contributed by atoms with Crippen LogP contribution in [0.5, 0.6) is 0 Å². The number of piperidine rings is 1. The van der Waals surface area contributed by atoms with Gasteiger partial charge in [-0.1, -0.05) is 6.07 Å². The van der Waals surface area contributed by atoms with Gasteiger partial charge in [0.15, 0.2) is 11.6 Å². The van der Waals surface area contributed by atoms with E-state index in [1.165, 1.54) is 6.07 Å². The number of thiophene rings is 1. The standard InChI is InChI=1S/C22H21F2N3O2S2/c23-17-4-3-15(12-18(17)24)22(29)27-9-6-14(7-10-27)20(28)25-8-5-16-13-31-21(26-16)19-2-1-11-30-19/h1-4,11-14H,5-10H2,(H,25,28). The molecule has 1 N–H and O–H groups in total. The summed E-state index contributed by atoms with van der Waals surface area (Å²) in [7, 11) is 0. The number of nitrogens with zero attached hydrogens (tertiary/aromatic N) is 2. The molecule has 3 aromatic rings. The normalized spacial score (nSPS) is 14.6. The van der Waals surface area contributed by atoms with E-state index in [2.05, 4.69) is 10.3 Å². The molecule has 2 amide bonds. The number of nitrogens with one attached hydrogen (secondary N) is 1. The molecule has 1 aliphatic rings. The Morgan fingerprint density at radius 2 is 1.94 bits per heavy atom. The van der Waals surface area contributed by atoms with E-state index in [1.54, 1.807) is 27.6 Å². The first-order valence-electron chi connectivity index (χ1n) is 10.0. The number of carbonyl (C=O) groups is 2. The Labute approximate surface area is 186 Å². The molecule has 5 nitrogen and oxygen atoms in total. The van der Waals surface area contributed by atoms with E-state index in [0.717, 1.165) is 27.7 Å². The van der Waals surface area contributed by atoms with Gasteiger partial charge in [0.05, 0.1) is 10.6 Å². The molecule has 9 heteroatoms. The van der Waals surface area contributed by atoms with Crippen molar-refractivity contribution in [3.05, 3.63) is 64.0 Å². The third-order valence-electron chi connectivity index (χ3n) is 5.28. The molecule has 162 valence electrons. The number of likely N-dealkylation sites (tertiary alicyclic amines) is 1. The molecule has 4 rings (SSSR count). The molecule has 1 aliphatic heterocycles. The van der Waals surface area contributed by atoms with Crippen molar-refractivity contribution in [2.45, 2.75) is 19.3 Å². The summed E-state index contributed by atoms with van der Waals surface area (Å²) in [6.07, 6.45) is 1.75. The van der Waals surface area contributed by atoms with Crippen LogP contribution in [0.25, 0.3) is 9.88 Å². The average Bonchev–Trinajstić information content (AvgIpc) is 3.47. The van der Waals surface area contributed by atoms with Crippen LogP contribution in [-0.2, 0) is 11.2 Å². The highest BCUT2D eigenvalue weighted by Crippen LogP contribution is 2.28. The fourth-order valence-corrected chi connectivity index (χ4v) is 5.22. The first-order valence-corrected chi connectivity index (χ1v) is 11.8. The van der Waals surface area contributed by atoms with Gasteiger partial charge in [-0.05, 0) is 42.5 Å². The highest BCUT2D eigenvalue weighted by molar-refractivity contribution is 7.20. The van der Waals surface area contributed by atoms with E-state index in [0.29, 0.717) is 38.9 Å². The molecule has 0 spiro atoms. The van der Waals surface area contributed by atoms with Gasteiger partial charge in [0, 0.05) is 42.9 Å². The monoisotopic (exact) mass is 461 g/mol. The zero-order valence-electron chi connectivity index (χ0n) is 16.6. The van der Waals surface area contributed by atoms with E-state index >= 15 is 0 Å². The lowest BCUT2D eigenvalue weighted by Gasteiger charge is -2.31. The van der Waals surface area contributed by atoms with E-state index in [-0.39, 0.29) is 23.3 Å². The third-order valence-corrected chi connectivity index (χ3v) is 7.21. The van der Waals surface area contributed by atoms with Crippen molar-refractivity contribution in [3.8, 4) is 9.88 Å².